The van der Waals surface area contributed by atoms with Crippen LogP contribution in [-0.4, -0.2) is 126 Å². The Morgan fingerprint density at radius 3 is 1.20 bits per heavy atom. The fourth-order valence-corrected chi connectivity index (χ4v) is 15.0. The zero-order valence-electron chi connectivity index (χ0n) is 58.3. The summed E-state index contributed by atoms with van der Waals surface area (Å²) in [5.74, 6) is 0.457. The predicted molar refractivity (Wildman–Crippen MR) is 397 cm³/mol. The molecule has 0 aliphatic heterocycles. The summed E-state index contributed by atoms with van der Waals surface area (Å²) >= 11 is 8.28. The van der Waals surface area contributed by atoms with Gasteiger partial charge in [-0.2, -0.15) is 0 Å². The van der Waals surface area contributed by atoms with Crippen molar-refractivity contribution in [3.8, 4) is 0 Å². The van der Waals surface area contributed by atoms with Crippen molar-refractivity contribution in [2.24, 2.45) is 17.8 Å². The topological polar surface area (TPSA) is 380 Å². The SMILES string of the molecule is CC(C)(O)c1cc2nc(C3CCC(C=O)CC3)sc2cc1NC(=O)c1cnccn1.CC(C)(O)c1cc2nc(C3CCC(CO)CC3)sc2cc1N.CC(C)(O)c1cc2nc(C3CCC(CO)CC3)sc2cc1NC(=O)c1cnccn1.N=BS.O=C(O)c1cnccn1.[2H]CC.[2H]CP. The van der Waals surface area contributed by atoms with Crippen LogP contribution in [0.3, 0.4) is 0 Å². The fourth-order valence-electron chi connectivity index (χ4n) is 11.6. The van der Waals surface area contributed by atoms with Crippen LogP contribution in [-0.2, 0) is 21.6 Å². The number of carboxylic acids is 1. The Labute approximate surface area is 595 Å². The number of hydrogen-bond acceptors (Lipinski definition) is 23. The van der Waals surface area contributed by atoms with E-state index >= 15 is 0 Å². The number of thiazole rings is 3. The third-order valence-corrected chi connectivity index (χ3v) is 20.3. The van der Waals surface area contributed by atoms with Gasteiger partial charge in [-0.25, -0.2) is 34.7 Å². The quantitative estimate of drug-likeness (QED) is 0.0158. The van der Waals surface area contributed by atoms with Gasteiger partial charge in [0.2, 0.25) is 0 Å². The van der Waals surface area contributed by atoms with Crippen molar-refractivity contribution in [2.45, 2.75) is 167 Å². The summed E-state index contributed by atoms with van der Waals surface area (Å²) in [4.78, 5) is 83.8. The predicted octanol–water partition coefficient (Wildman–Crippen LogP) is 13.2. The number of carbonyl (C=O) groups is 4. The minimum atomic E-state index is -1.16. The molecule has 0 radical (unpaired) electrons. The largest absolute Gasteiger partial charge is 0.476 e. The summed E-state index contributed by atoms with van der Waals surface area (Å²) in [7, 11) is 2.25. The molecule has 524 valence electrons. The second-order valence-corrected chi connectivity index (χ2v) is 28.6. The summed E-state index contributed by atoms with van der Waals surface area (Å²) in [6.45, 7) is 13.5. The molecule has 3 saturated carbocycles. The van der Waals surface area contributed by atoms with E-state index in [0.717, 1.165) is 136 Å². The number of carbonyl (C=O) groups excluding carboxylic acids is 3. The Hall–Kier alpha value is -7.11. The van der Waals surface area contributed by atoms with Crippen molar-refractivity contribution in [3.05, 3.63) is 141 Å². The Bertz CT molecular complexity index is 4070. The molecule has 98 heavy (non-hydrogen) atoms. The zero-order chi connectivity index (χ0) is 73.3. The van der Waals surface area contributed by atoms with E-state index in [1.165, 1.54) is 60.8 Å². The number of aromatic carboxylic acids is 1. The van der Waals surface area contributed by atoms with Gasteiger partial charge in [-0.05, 0) is 167 Å². The van der Waals surface area contributed by atoms with Gasteiger partial charge in [0.1, 0.15) is 17.7 Å². The monoisotopic (exact) mass is 1430 g/mol. The Morgan fingerprint density at radius 2 is 0.918 bits per heavy atom. The van der Waals surface area contributed by atoms with Gasteiger partial charge in [-0.15, -0.1) is 43.3 Å². The van der Waals surface area contributed by atoms with Gasteiger partial charge >= 0.3 is 30.1 Å². The number of benzene rings is 3. The number of thiol groups is 1. The summed E-state index contributed by atoms with van der Waals surface area (Å²) in [5, 5.41) is 73.5. The van der Waals surface area contributed by atoms with E-state index in [0.29, 0.717) is 77.9 Å². The van der Waals surface area contributed by atoms with Gasteiger partial charge < -0.3 is 51.8 Å². The number of nitrogens with one attached hydrogen (secondary N) is 3. The Balaban J connectivity index is 0.000000212. The number of aldehydes is 1. The molecule has 3 aliphatic rings. The summed E-state index contributed by atoms with van der Waals surface area (Å²) < 4.78 is 15.4. The average molecular weight is 1430 g/mol. The third kappa shape index (κ3) is 22.5. The van der Waals surface area contributed by atoms with E-state index in [1.54, 1.807) is 82.5 Å². The smallest absolute Gasteiger partial charge is 0.356 e. The van der Waals surface area contributed by atoms with E-state index < -0.39 is 22.8 Å². The number of amides is 2. The van der Waals surface area contributed by atoms with Crippen LogP contribution in [0.5, 0.6) is 0 Å². The fraction of sp³-hybridized carbons (Fsp3) is 0.464. The van der Waals surface area contributed by atoms with Gasteiger partial charge in [-0.3, -0.25) is 24.5 Å². The van der Waals surface area contributed by atoms with E-state index in [-0.39, 0.29) is 41.4 Å². The van der Waals surface area contributed by atoms with Crippen molar-refractivity contribution >= 4 is 134 Å². The van der Waals surface area contributed by atoms with Gasteiger partial charge in [-0.1, -0.05) is 20.5 Å². The first kappa shape index (κ1) is 76.6. The van der Waals surface area contributed by atoms with E-state index in [4.69, 9.17) is 33.8 Å². The maximum absolute atomic E-state index is 12.6. The molecule has 6 aromatic heterocycles. The maximum atomic E-state index is 12.6. The number of rotatable bonds is 14. The summed E-state index contributed by atoms with van der Waals surface area (Å²) in [6, 6.07) is 11.3. The van der Waals surface area contributed by atoms with Crippen LogP contribution in [0.4, 0.5) is 17.1 Å². The maximum Gasteiger partial charge on any atom is 0.356 e. The van der Waals surface area contributed by atoms with Gasteiger partial charge in [0.15, 0.2) is 5.69 Å². The molecular weight excluding hydrogens is 1340 g/mol. The molecule has 1 atom stereocenters. The molecule has 3 aromatic carbocycles. The van der Waals surface area contributed by atoms with E-state index in [2.05, 4.69) is 62.3 Å². The zero-order valence-corrected chi connectivity index (χ0v) is 60.8. The molecule has 29 heteroatoms. The van der Waals surface area contributed by atoms with Crippen LogP contribution in [0, 0.1) is 23.1 Å². The molecule has 11 N–H and O–H groups in total. The van der Waals surface area contributed by atoms with Crippen molar-refractivity contribution < 1.29 is 52.6 Å². The minimum Gasteiger partial charge on any atom is -0.476 e. The second-order valence-electron chi connectivity index (χ2n) is 25.1. The molecule has 0 spiro atoms. The van der Waals surface area contributed by atoms with Crippen molar-refractivity contribution in [1.82, 2.24) is 44.9 Å². The molecule has 12 rings (SSSR count). The normalized spacial score (nSPS) is 18.5. The van der Waals surface area contributed by atoms with Crippen molar-refractivity contribution in [3.63, 3.8) is 0 Å². The number of nitrogens with zero attached hydrogens (tertiary/aromatic N) is 9. The first-order chi connectivity index (χ1) is 47.6. The van der Waals surface area contributed by atoms with Crippen LogP contribution in [0.2, 0.25) is 0 Å². The Morgan fingerprint density at radius 1 is 0.602 bits per heavy atom. The molecule has 3 fully saturated rings. The number of nitrogens with two attached hydrogens (primary N) is 1. The Kier molecular flexibility index (Phi) is 29.6. The molecule has 9 aromatic rings. The molecule has 3 aliphatic carbocycles. The first-order valence-electron chi connectivity index (χ1n) is 33.5. The van der Waals surface area contributed by atoms with Crippen LogP contribution in [0.25, 0.3) is 30.6 Å². The number of anilines is 3. The molecular formula is C69H91BN13O10PS4. The first-order valence-corrected chi connectivity index (χ1v) is 35.9. The standard InChI is InChI=1S/C22H26N4O3S.C22H24N4O3S.C17H24N2O2S.C5H4N2O2.C2H6.CH5P.BH2NS/c2*1-22(2,29)15-9-17-19(10-16(15)25-20(28)18-11-23-7-8-24-18)30-21(26-17)14-5-3-13(12-27)4-6-14;1-17(2,21)12-7-14-15(8-13(12)18)22-16(19-14)11-5-3-10(9-20)4-6-11;8-5(9)4-3-6-1-2-7-4;2*1-2;2-1-3/h7-11,13-14,27,29H,3-6,12H2,1-2H3,(H,25,28);7-14,29H,3-6H2,1-2H3,(H,25,28);7-8,10-11,20-21H,3-6,9,18H2,1-2H3;1-3H,(H,8,9);1-2H3;2H2,1H3;2-3H/i;;;;2*1D;. The van der Waals surface area contributed by atoms with Crippen LogP contribution < -0.4 is 16.4 Å². The molecule has 1 unspecified atom stereocenters. The number of fused-ring (bicyclic) bond motifs is 3. The number of aliphatic hydroxyl groups excluding tert-OH is 2. The number of aromatic nitrogens is 9. The molecule has 0 saturated heterocycles. The number of nitrogen functional groups attached to an aromatic ring is 1. The minimum absolute atomic E-state index is 0.0301. The van der Waals surface area contributed by atoms with Crippen LogP contribution >= 0.6 is 55.7 Å². The number of aliphatic hydroxyl groups is 5. The molecule has 2 amide bonds. The van der Waals surface area contributed by atoms with Gasteiger partial charge in [0, 0.05) is 111 Å². The summed E-state index contributed by atoms with van der Waals surface area (Å²) in [6.07, 6.45) is 26.9. The molecule has 0 bridgehead atoms. The van der Waals surface area contributed by atoms with Crippen LogP contribution in [0.1, 0.15) is 216 Å². The van der Waals surface area contributed by atoms with Crippen molar-refractivity contribution in [2.75, 3.05) is 36.2 Å². The molecule has 6 heterocycles. The van der Waals surface area contributed by atoms with Gasteiger partial charge in [0.25, 0.3) is 11.8 Å². The van der Waals surface area contributed by atoms with E-state index in [9.17, 15) is 44.7 Å². The average Bonchev–Trinajstić information content (AvgIpc) is 1.59. The van der Waals surface area contributed by atoms with E-state index in [1.807, 2.05) is 36.4 Å². The molecule has 23 nitrogen and oxygen atoms in total. The van der Waals surface area contributed by atoms with Gasteiger partial charge in [0.05, 0.1) is 81.1 Å². The van der Waals surface area contributed by atoms with Crippen LogP contribution in [0.15, 0.2) is 92.2 Å². The summed E-state index contributed by atoms with van der Waals surface area (Å²) in [5.41, 5.74) is 9.40. The van der Waals surface area contributed by atoms with Crippen molar-refractivity contribution in [1.29, 1.82) is 5.31 Å². The number of hydrogen-bond donors (Lipinski definition) is 11. The number of carboxylic acid groups (broad SMARTS) is 1. The third-order valence-electron chi connectivity index (χ3n) is 16.7. The second kappa shape index (κ2) is 37.9.